The van der Waals surface area contributed by atoms with Crippen molar-refractivity contribution in [3.8, 4) is 0 Å². The minimum atomic E-state index is -0.766. The minimum Gasteiger partial charge on any atom is -0.481 e. The second-order valence-corrected chi connectivity index (χ2v) is 6.56. The maximum Gasteiger partial charge on any atom is 0.308 e. The van der Waals surface area contributed by atoms with E-state index in [2.05, 4.69) is 6.92 Å². The Hall–Kier alpha value is -1.06. The summed E-state index contributed by atoms with van der Waals surface area (Å²) in [4.78, 5) is 25.5. The van der Waals surface area contributed by atoms with Crippen molar-refractivity contribution in [1.29, 1.82) is 0 Å². The SMILES string of the molecule is CCCC1(CN2C(=O)CC(C)C(C(=O)O)C2C)CC1. The quantitative estimate of drug-likeness (QED) is 0.832. The van der Waals surface area contributed by atoms with E-state index in [1.54, 1.807) is 0 Å². The molecule has 0 aromatic carbocycles. The van der Waals surface area contributed by atoms with Crippen LogP contribution in [0.3, 0.4) is 0 Å². The summed E-state index contributed by atoms with van der Waals surface area (Å²) < 4.78 is 0. The highest BCUT2D eigenvalue weighted by molar-refractivity contribution is 5.82. The van der Waals surface area contributed by atoms with Crippen molar-refractivity contribution in [2.45, 2.75) is 58.9 Å². The first kappa shape index (κ1) is 14.4. The summed E-state index contributed by atoms with van der Waals surface area (Å²) in [5.41, 5.74) is 0.294. The molecule has 4 heteroatoms. The molecule has 1 amide bonds. The van der Waals surface area contributed by atoms with E-state index in [9.17, 15) is 14.7 Å². The lowest BCUT2D eigenvalue weighted by atomic mass is 9.80. The Kier molecular flexibility index (Phi) is 3.88. The fraction of sp³-hybridized carbons (Fsp3) is 0.867. The third-order valence-corrected chi connectivity index (χ3v) is 4.97. The smallest absolute Gasteiger partial charge is 0.308 e. The highest BCUT2D eigenvalue weighted by atomic mass is 16.4. The second kappa shape index (κ2) is 5.14. The van der Waals surface area contributed by atoms with Crippen LogP contribution in [0.4, 0.5) is 0 Å². The van der Waals surface area contributed by atoms with E-state index in [1.165, 1.54) is 12.8 Å². The summed E-state index contributed by atoms with van der Waals surface area (Å²) in [5, 5.41) is 9.36. The number of amides is 1. The van der Waals surface area contributed by atoms with Gasteiger partial charge in [0.1, 0.15) is 0 Å². The van der Waals surface area contributed by atoms with E-state index in [0.717, 1.165) is 19.4 Å². The van der Waals surface area contributed by atoms with Crippen molar-refractivity contribution < 1.29 is 14.7 Å². The topological polar surface area (TPSA) is 57.6 Å². The first-order chi connectivity index (χ1) is 8.90. The highest BCUT2D eigenvalue weighted by Gasteiger charge is 2.48. The fourth-order valence-corrected chi connectivity index (χ4v) is 3.65. The van der Waals surface area contributed by atoms with Gasteiger partial charge in [0.05, 0.1) is 5.92 Å². The van der Waals surface area contributed by atoms with Gasteiger partial charge in [-0.3, -0.25) is 9.59 Å². The average molecular weight is 267 g/mol. The number of nitrogens with zero attached hydrogens (tertiary/aromatic N) is 1. The summed E-state index contributed by atoms with van der Waals surface area (Å²) >= 11 is 0. The molecule has 0 spiro atoms. The molecule has 0 aromatic rings. The van der Waals surface area contributed by atoms with Gasteiger partial charge in [-0.25, -0.2) is 0 Å². The number of carbonyl (C=O) groups is 2. The van der Waals surface area contributed by atoms with E-state index in [-0.39, 0.29) is 17.9 Å². The molecule has 108 valence electrons. The Morgan fingerprint density at radius 1 is 1.42 bits per heavy atom. The van der Waals surface area contributed by atoms with Crippen molar-refractivity contribution in [2.75, 3.05) is 6.54 Å². The van der Waals surface area contributed by atoms with Crippen LogP contribution >= 0.6 is 0 Å². The standard InChI is InChI=1S/C15H25NO3/c1-4-5-15(6-7-15)9-16-11(3)13(14(18)19)10(2)8-12(16)17/h10-11,13H,4-9H2,1-3H3,(H,18,19). The number of rotatable bonds is 5. The molecule has 1 N–H and O–H groups in total. The number of hydrogen-bond donors (Lipinski definition) is 1. The van der Waals surface area contributed by atoms with Gasteiger partial charge in [0.15, 0.2) is 0 Å². The Morgan fingerprint density at radius 3 is 2.53 bits per heavy atom. The van der Waals surface area contributed by atoms with E-state index < -0.39 is 11.9 Å². The van der Waals surface area contributed by atoms with Crippen LogP contribution in [0.25, 0.3) is 0 Å². The van der Waals surface area contributed by atoms with Crippen molar-refractivity contribution in [1.82, 2.24) is 4.90 Å². The molecule has 3 unspecified atom stereocenters. The second-order valence-electron chi connectivity index (χ2n) is 6.56. The van der Waals surface area contributed by atoms with Gasteiger partial charge in [-0.15, -0.1) is 0 Å². The Bertz CT molecular complexity index is 376. The molecule has 1 saturated carbocycles. The predicted molar refractivity (Wildman–Crippen MR) is 72.7 cm³/mol. The highest BCUT2D eigenvalue weighted by Crippen LogP contribution is 2.51. The van der Waals surface area contributed by atoms with Crippen molar-refractivity contribution in [2.24, 2.45) is 17.3 Å². The van der Waals surface area contributed by atoms with Crippen LogP contribution in [0.5, 0.6) is 0 Å². The minimum absolute atomic E-state index is 0.0578. The van der Waals surface area contributed by atoms with Crippen LogP contribution in [0.15, 0.2) is 0 Å². The number of likely N-dealkylation sites (tertiary alicyclic amines) is 1. The number of carboxylic acid groups (broad SMARTS) is 1. The lowest BCUT2D eigenvalue weighted by molar-refractivity contribution is -0.155. The fourth-order valence-electron chi connectivity index (χ4n) is 3.65. The van der Waals surface area contributed by atoms with Crippen LogP contribution < -0.4 is 0 Å². The summed E-state index contributed by atoms with van der Waals surface area (Å²) in [7, 11) is 0. The van der Waals surface area contributed by atoms with Gasteiger partial charge in [0.2, 0.25) is 5.91 Å². The van der Waals surface area contributed by atoms with Crippen LogP contribution in [0.1, 0.15) is 52.9 Å². The van der Waals surface area contributed by atoms with E-state index in [1.807, 2.05) is 18.7 Å². The maximum absolute atomic E-state index is 12.2. The summed E-state index contributed by atoms with van der Waals surface area (Å²) in [6, 6.07) is -0.178. The third kappa shape index (κ3) is 2.77. The largest absolute Gasteiger partial charge is 0.481 e. The Balaban J connectivity index is 2.10. The first-order valence-corrected chi connectivity index (χ1v) is 7.42. The molecule has 4 nitrogen and oxygen atoms in total. The normalized spacial score (nSPS) is 33.3. The van der Waals surface area contributed by atoms with Gasteiger partial charge in [-0.05, 0) is 37.5 Å². The predicted octanol–water partition coefficient (Wildman–Crippen LogP) is 2.52. The Morgan fingerprint density at radius 2 is 2.05 bits per heavy atom. The van der Waals surface area contributed by atoms with Crippen LogP contribution in [0, 0.1) is 17.3 Å². The van der Waals surface area contributed by atoms with E-state index in [0.29, 0.717) is 11.8 Å². The van der Waals surface area contributed by atoms with Crippen molar-refractivity contribution in [3.05, 3.63) is 0 Å². The monoisotopic (exact) mass is 267 g/mol. The molecule has 1 aliphatic heterocycles. The van der Waals surface area contributed by atoms with E-state index >= 15 is 0 Å². The number of piperidine rings is 1. The van der Waals surface area contributed by atoms with Gasteiger partial charge in [0.25, 0.3) is 0 Å². The zero-order chi connectivity index (χ0) is 14.2. The molecular formula is C15H25NO3. The molecule has 0 bridgehead atoms. The molecule has 2 rings (SSSR count). The van der Waals surface area contributed by atoms with E-state index in [4.69, 9.17) is 0 Å². The van der Waals surface area contributed by atoms with Crippen LogP contribution in [-0.4, -0.2) is 34.5 Å². The number of carboxylic acids is 1. The van der Waals surface area contributed by atoms with Gasteiger partial charge >= 0.3 is 5.97 Å². The molecular weight excluding hydrogens is 242 g/mol. The molecule has 1 saturated heterocycles. The van der Waals surface area contributed by atoms with Crippen molar-refractivity contribution >= 4 is 11.9 Å². The van der Waals surface area contributed by atoms with Gasteiger partial charge in [-0.1, -0.05) is 20.3 Å². The summed E-state index contributed by atoms with van der Waals surface area (Å²) in [5.74, 6) is -1.11. The third-order valence-electron chi connectivity index (χ3n) is 4.97. The van der Waals surface area contributed by atoms with Gasteiger partial charge < -0.3 is 10.0 Å². The Labute approximate surface area is 115 Å². The molecule has 2 aliphatic rings. The first-order valence-electron chi connectivity index (χ1n) is 7.42. The maximum atomic E-state index is 12.2. The van der Waals surface area contributed by atoms with Crippen LogP contribution in [0.2, 0.25) is 0 Å². The van der Waals surface area contributed by atoms with Gasteiger partial charge in [-0.2, -0.15) is 0 Å². The molecule has 1 aliphatic carbocycles. The zero-order valence-corrected chi connectivity index (χ0v) is 12.2. The molecule has 0 radical (unpaired) electrons. The zero-order valence-electron chi connectivity index (χ0n) is 12.2. The summed E-state index contributed by atoms with van der Waals surface area (Å²) in [6.07, 6.45) is 5.03. The van der Waals surface area contributed by atoms with Crippen LogP contribution in [-0.2, 0) is 9.59 Å². The molecule has 3 atom stereocenters. The number of aliphatic carboxylic acids is 1. The molecule has 2 fully saturated rings. The summed E-state index contributed by atoms with van der Waals surface area (Å²) in [6.45, 7) is 6.71. The number of carbonyl (C=O) groups excluding carboxylic acids is 1. The van der Waals surface area contributed by atoms with Gasteiger partial charge in [0, 0.05) is 19.0 Å². The number of hydrogen-bond acceptors (Lipinski definition) is 2. The molecule has 0 aromatic heterocycles. The lowest BCUT2D eigenvalue weighted by Crippen LogP contribution is -2.54. The average Bonchev–Trinajstić information content (AvgIpc) is 3.04. The molecule has 1 heterocycles. The molecule has 19 heavy (non-hydrogen) atoms. The van der Waals surface area contributed by atoms with Crippen molar-refractivity contribution in [3.63, 3.8) is 0 Å². The lowest BCUT2D eigenvalue weighted by Gasteiger charge is -2.42.